The Morgan fingerprint density at radius 2 is 2.11 bits per heavy atom. The van der Waals surface area contributed by atoms with Gasteiger partial charge in [0, 0.05) is 24.0 Å². The van der Waals surface area contributed by atoms with E-state index in [4.69, 9.17) is 0 Å². The minimum atomic E-state index is 0.0586. The van der Waals surface area contributed by atoms with Gasteiger partial charge in [0.25, 0.3) is 0 Å². The van der Waals surface area contributed by atoms with E-state index in [9.17, 15) is 4.79 Å². The first kappa shape index (κ1) is 17.2. The van der Waals surface area contributed by atoms with E-state index in [2.05, 4.69) is 20.6 Å². The smallest absolute Gasteiger partial charge is 0.241 e. The molecule has 0 aliphatic carbocycles. The Labute approximate surface area is 160 Å². The molecular weight excluding hydrogens is 338 g/mol. The molecule has 6 heteroatoms. The Morgan fingerprint density at radius 3 is 3.07 bits per heavy atom. The number of hydrogen-bond acceptors (Lipinski definition) is 4. The van der Waals surface area contributed by atoms with Crippen LogP contribution in [0.2, 0.25) is 0 Å². The van der Waals surface area contributed by atoms with Crippen molar-refractivity contribution in [1.82, 2.24) is 25.3 Å². The van der Waals surface area contributed by atoms with Crippen LogP contribution in [0.5, 0.6) is 0 Å². The van der Waals surface area contributed by atoms with Crippen LogP contribution in [0.4, 0.5) is 0 Å². The normalized spacial score (nSPS) is 30.8. The van der Waals surface area contributed by atoms with Crippen molar-refractivity contribution in [3.05, 3.63) is 30.5 Å². The average molecular weight is 367 g/mol. The van der Waals surface area contributed by atoms with Crippen LogP contribution in [-0.2, 0) is 11.3 Å². The fourth-order valence-corrected chi connectivity index (χ4v) is 5.61. The molecule has 3 fully saturated rings. The summed E-state index contributed by atoms with van der Waals surface area (Å²) in [6, 6.07) is 9.21. The molecule has 3 saturated heterocycles. The van der Waals surface area contributed by atoms with E-state index in [0.717, 1.165) is 29.9 Å². The van der Waals surface area contributed by atoms with Crippen molar-refractivity contribution in [3.63, 3.8) is 0 Å². The van der Waals surface area contributed by atoms with Gasteiger partial charge in [-0.1, -0.05) is 24.6 Å². The molecular formula is C21H29N5O. The third kappa shape index (κ3) is 3.25. The summed E-state index contributed by atoms with van der Waals surface area (Å²) in [5.41, 5.74) is 1.01. The zero-order valence-electron chi connectivity index (χ0n) is 15.8. The summed E-state index contributed by atoms with van der Waals surface area (Å²) in [6.45, 7) is 4.50. The molecule has 1 aromatic heterocycles. The zero-order chi connectivity index (χ0) is 18.2. The van der Waals surface area contributed by atoms with Gasteiger partial charge in [-0.2, -0.15) is 5.10 Å². The summed E-state index contributed by atoms with van der Waals surface area (Å²) in [5, 5.41) is 12.3. The maximum absolute atomic E-state index is 12.6. The van der Waals surface area contributed by atoms with Gasteiger partial charge in [-0.3, -0.25) is 14.4 Å². The lowest BCUT2D eigenvalue weighted by Crippen LogP contribution is -2.65. The predicted octanol–water partition coefficient (Wildman–Crippen LogP) is 1.61. The van der Waals surface area contributed by atoms with E-state index in [1.54, 1.807) is 4.68 Å². The molecule has 2 bridgehead atoms. The van der Waals surface area contributed by atoms with E-state index in [0.29, 0.717) is 18.0 Å². The number of aromatic nitrogens is 2. The number of rotatable bonds is 4. The van der Waals surface area contributed by atoms with Crippen molar-refractivity contribution in [2.75, 3.05) is 26.2 Å². The Hall–Kier alpha value is -1.92. The second-order valence-corrected chi connectivity index (χ2v) is 8.45. The van der Waals surface area contributed by atoms with Crippen LogP contribution in [0.1, 0.15) is 25.7 Å². The average Bonchev–Trinajstić information content (AvgIpc) is 3.11. The number of para-hydroxylation sites is 1. The van der Waals surface area contributed by atoms with Gasteiger partial charge in [0.2, 0.25) is 5.91 Å². The number of hydrogen-bond donors (Lipinski definition) is 2. The van der Waals surface area contributed by atoms with Crippen LogP contribution >= 0.6 is 0 Å². The standard InChI is InChI=1S/C21H29N5O/c27-21(14-26-19-7-2-1-5-15(19)12-24-26)23-13-20-17-9-16(10-22-11-17)18-6-3-4-8-25(18)20/h1-2,5,7,12,16-18,20,22H,3-4,6,8-11,13-14H2,(H,23,27)/t16-,17+,18+,20+/m1/s1. The molecule has 6 nitrogen and oxygen atoms in total. The fraction of sp³-hybridized carbons (Fsp3) is 0.619. The van der Waals surface area contributed by atoms with Crippen LogP contribution in [0.15, 0.2) is 30.5 Å². The first-order valence-corrected chi connectivity index (χ1v) is 10.4. The first-order chi connectivity index (χ1) is 13.3. The number of amides is 1. The monoisotopic (exact) mass is 367 g/mol. The van der Waals surface area contributed by atoms with Gasteiger partial charge in [-0.05, 0) is 56.8 Å². The van der Waals surface area contributed by atoms with Gasteiger partial charge < -0.3 is 10.6 Å². The minimum absolute atomic E-state index is 0.0586. The zero-order valence-corrected chi connectivity index (χ0v) is 15.8. The Kier molecular flexibility index (Phi) is 4.61. The molecule has 3 aliphatic heterocycles. The highest BCUT2D eigenvalue weighted by Crippen LogP contribution is 2.38. The van der Waals surface area contributed by atoms with Crippen molar-refractivity contribution < 1.29 is 4.79 Å². The van der Waals surface area contributed by atoms with E-state index in [1.165, 1.54) is 38.8 Å². The number of benzene rings is 1. The maximum atomic E-state index is 12.6. The maximum Gasteiger partial charge on any atom is 0.241 e. The number of piperidine rings is 3. The van der Waals surface area contributed by atoms with Crippen LogP contribution in [0.3, 0.4) is 0 Å². The number of fused-ring (bicyclic) bond motifs is 5. The molecule has 2 N–H and O–H groups in total. The van der Waals surface area contributed by atoms with Crippen molar-refractivity contribution in [3.8, 4) is 0 Å². The third-order valence-electron chi connectivity index (χ3n) is 6.88. The van der Waals surface area contributed by atoms with Gasteiger partial charge in [-0.25, -0.2) is 0 Å². The van der Waals surface area contributed by atoms with Crippen LogP contribution in [-0.4, -0.2) is 58.9 Å². The van der Waals surface area contributed by atoms with Crippen molar-refractivity contribution in [2.45, 2.75) is 44.3 Å². The molecule has 0 unspecified atom stereocenters. The van der Waals surface area contributed by atoms with Gasteiger partial charge in [0.15, 0.2) is 0 Å². The second-order valence-electron chi connectivity index (χ2n) is 8.45. The largest absolute Gasteiger partial charge is 0.353 e. The molecule has 0 spiro atoms. The molecule has 4 atom stereocenters. The molecule has 0 saturated carbocycles. The molecule has 2 aromatic rings. The first-order valence-electron chi connectivity index (χ1n) is 10.4. The van der Waals surface area contributed by atoms with Crippen LogP contribution < -0.4 is 10.6 Å². The Morgan fingerprint density at radius 1 is 1.22 bits per heavy atom. The summed E-state index contributed by atoms with van der Waals surface area (Å²) in [7, 11) is 0. The van der Waals surface area contributed by atoms with Gasteiger partial charge in [0.05, 0.1) is 11.7 Å². The Bertz CT molecular complexity index is 818. The van der Waals surface area contributed by atoms with E-state index >= 15 is 0 Å². The summed E-state index contributed by atoms with van der Waals surface area (Å²) >= 11 is 0. The third-order valence-corrected chi connectivity index (χ3v) is 6.88. The highest BCUT2D eigenvalue weighted by atomic mass is 16.2. The number of nitrogens with zero attached hydrogens (tertiary/aromatic N) is 3. The Balaban J connectivity index is 1.25. The van der Waals surface area contributed by atoms with Crippen LogP contribution in [0.25, 0.3) is 10.9 Å². The van der Waals surface area contributed by atoms with Gasteiger partial charge in [-0.15, -0.1) is 0 Å². The molecule has 0 radical (unpaired) electrons. The molecule has 144 valence electrons. The molecule has 1 aromatic carbocycles. The number of nitrogens with one attached hydrogen (secondary N) is 2. The molecule has 1 amide bonds. The quantitative estimate of drug-likeness (QED) is 0.862. The second kappa shape index (κ2) is 7.24. The summed E-state index contributed by atoms with van der Waals surface area (Å²) in [6.07, 6.45) is 7.12. The SMILES string of the molecule is O=C(Cn1ncc2ccccc21)NC[C@H]1[C@@H]2CNC[C@@H](C2)[C@@H]2CCCCN21. The lowest BCUT2D eigenvalue weighted by molar-refractivity contribution is -0.122. The van der Waals surface area contributed by atoms with Crippen molar-refractivity contribution in [2.24, 2.45) is 11.8 Å². The van der Waals surface area contributed by atoms with E-state index in [1.807, 2.05) is 30.5 Å². The summed E-state index contributed by atoms with van der Waals surface area (Å²) in [5.74, 6) is 1.51. The topological polar surface area (TPSA) is 62.2 Å². The molecule has 27 heavy (non-hydrogen) atoms. The van der Waals surface area contributed by atoms with Crippen LogP contribution in [0, 0.1) is 11.8 Å². The van der Waals surface area contributed by atoms with Crippen molar-refractivity contribution >= 4 is 16.8 Å². The number of carbonyl (C=O) groups excluding carboxylic acids is 1. The summed E-state index contributed by atoms with van der Waals surface area (Å²) < 4.78 is 1.80. The summed E-state index contributed by atoms with van der Waals surface area (Å²) in [4.78, 5) is 15.4. The highest BCUT2D eigenvalue weighted by Gasteiger charge is 2.45. The molecule has 5 rings (SSSR count). The highest BCUT2D eigenvalue weighted by molar-refractivity contribution is 5.81. The van der Waals surface area contributed by atoms with E-state index in [-0.39, 0.29) is 12.5 Å². The molecule has 3 aliphatic rings. The lowest BCUT2D eigenvalue weighted by Gasteiger charge is -2.55. The fourth-order valence-electron chi connectivity index (χ4n) is 5.61. The van der Waals surface area contributed by atoms with E-state index < -0.39 is 0 Å². The van der Waals surface area contributed by atoms with Crippen molar-refractivity contribution in [1.29, 1.82) is 0 Å². The van der Waals surface area contributed by atoms with Gasteiger partial charge >= 0.3 is 0 Å². The molecule has 4 heterocycles. The van der Waals surface area contributed by atoms with Gasteiger partial charge in [0.1, 0.15) is 6.54 Å². The number of carbonyl (C=O) groups is 1. The lowest BCUT2D eigenvalue weighted by atomic mass is 9.73. The predicted molar refractivity (Wildman–Crippen MR) is 105 cm³/mol. The minimum Gasteiger partial charge on any atom is -0.353 e.